The first-order chi connectivity index (χ1) is 17.8. The number of nitrogens with two attached hydrogens (primary N) is 1. The molecule has 37 heavy (non-hydrogen) atoms. The van der Waals surface area contributed by atoms with Crippen molar-refractivity contribution in [1.29, 1.82) is 0 Å². The van der Waals surface area contributed by atoms with Crippen LogP contribution in [0.3, 0.4) is 0 Å². The summed E-state index contributed by atoms with van der Waals surface area (Å²) in [5.74, 6) is -0.201. The third kappa shape index (κ3) is 6.92. The van der Waals surface area contributed by atoms with Crippen molar-refractivity contribution >= 4 is 35.0 Å². The molecular weight excluding hydrogens is 505 g/mol. The second kappa shape index (κ2) is 12.1. The lowest BCUT2D eigenvalue weighted by molar-refractivity contribution is -0.121. The number of primary amides is 1. The molecular formula is C30H33Cl2N3O2. The number of likely N-dealkylation sites (tertiary alicyclic amines) is 1. The molecule has 1 aliphatic heterocycles. The Morgan fingerprint density at radius 3 is 2.24 bits per heavy atom. The van der Waals surface area contributed by atoms with E-state index in [1.165, 1.54) is 0 Å². The van der Waals surface area contributed by atoms with Crippen LogP contribution in [0, 0.1) is 0 Å². The molecule has 0 aliphatic carbocycles. The van der Waals surface area contributed by atoms with E-state index in [-0.39, 0.29) is 17.4 Å². The van der Waals surface area contributed by atoms with Crippen molar-refractivity contribution in [3.63, 3.8) is 0 Å². The summed E-state index contributed by atoms with van der Waals surface area (Å²) in [6.07, 6.45) is 3.48. The molecule has 1 saturated heterocycles. The van der Waals surface area contributed by atoms with Gasteiger partial charge in [0.25, 0.3) is 0 Å². The maximum Gasteiger partial charge on any atom is 0.248 e. The normalized spacial score (nSPS) is 16.2. The molecule has 3 aromatic rings. The van der Waals surface area contributed by atoms with Crippen molar-refractivity contribution in [3.8, 4) is 0 Å². The molecule has 1 unspecified atom stereocenters. The van der Waals surface area contributed by atoms with Crippen LogP contribution >= 0.6 is 23.2 Å². The first kappa shape index (κ1) is 27.2. The highest BCUT2D eigenvalue weighted by molar-refractivity contribution is 6.42. The number of carbonyl (C=O) groups is 2. The fourth-order valence-corrected chi connectivity index (χ4v) is 5.63. The lowest BCUT2D eigenvalue weighted by Gasteiger charge is -2.43. The van der Waals surface area contributed by atoms with Gasteiger partial charge in [0.15, 0.2) is 0 Å². The average Bonchev–Trinajstić information content (AvgIpc) is 2.89. The number of carbonyl (C=O) groups excluding carboxylic acids is 2. The van der Waals surface area contributed by atoms with Gasteiger partial charge in [-0.1, -0.05) is 71.7 Å². The van der Waals surface area contributed by atoms with Crippen LogP contribution in [0.25, 0.3) is 0 Å². The molecule has 0 spiro atoms. The van der Waals surface area contributed by atoms with Crippen LogP contribution in [-0.2, 0) is 16.8 Å². The molecule has 0 radical (unpaired) electrons. The first-order valence-electron chi connectivity index (χ1n) is 12.7. The predicted octanol–water partition coefficient (Wildman–Crippen LogP) is 5.94. The number of nitrogens with zero attached hydrogens (tertiary/aromatic N) is 1. The first-order valence-corrected chi connectivity index (χ1v) is 13.4. The minimum absolute atomic E-state index is 0.000613. The van der Waals surface area contributed by atoms with Gasteiger partial charge in [-0.3, -0.25) is 9.59 Å². The Hall–Kier alpha value is -2.86. The highest BCUT2D eigenvalue weighted by Crippen LogP contribution is 2.35. The van der Waals surface area contributed by atoms with Gasteiger partial charge in [0.1, 0.15) is 0 Å². The third-order valence-electron chi connectivity index (χ3n) is 7.38. The third-order valence-corrected chi connectivity index (χ3v) is 8.12. The van der Waals surface area contributed by atoms with Crippen molar-refractivity contribution in [2.45, 2.75) is 44.1 Å². The minimum atomic E-state index is -0.427. The van der Waals surface area contributed by atoms with Crippen molar-refractivity contribution in [2.24, 2.45) is 5.73 Å². The molecule has 0 aromatic heterocycles. The molecule has 0 saturated carbocycles. The van der Waals surface area contributed by atoms with Crippen LogP contribution in [0.1, 0.15) is 59.2 Å². The smallest absolute Gasteiger partial charge is 0.248 e. The van der Waals surface area contributed by atoms with Gasteiger partial charge in [0, 0.05) is 25.6 Å². The Morgan fingerprint density at radius 1 is 0.973 bits per heavy atom. The molecule has 4 rings (SSSR count). The average molecular weight is 539 g/mol. The summed E-state index contributed by atoms with van der Waals surface area (Å²) in [6.45, 7) is 4.32. The van der Waals surface area contributed by atoms with E-state index in [4.69, 9.17) is 28.9 Å². The zero-order chi connectivity index (χ0) is 26.4. The zero-order valence-electron chi connectivity index (χ0n) is 21.1. The second-order valence-corrected chi connectivity index (χ2v) is 10.7. The molecule has 194 valence electrons. The molecule has 1 heterocycles. The maximum absolute atomic E-state index is 12.1. The molecule has 3 N–H and O–H groups in total. The Morgan fingerprint density at radius 2 is 1.65 bits per heavy atom. The number of benzene rings is 3. The van der Waals surface area contributed by atoms with Gasteiger partial charge in [-0.15, -0.1) is 0 Å². The summed E-state index contributed by atoms with van der Waals surface area (Å²) in [5.41, 5.74) is 9.02. The van der Waals surface area contributed by atoms with Crippen LogP contribution in [0.15, 0.2) is 72.8 Å². The summed E-state index contributed by atoms with van der Waals surface area (Å²) >= 11 is 12.6. The van der Waals surface area contributed by atoms with Gasteiger partial charge in [-0.05, 0) is 79.1 Å². The topological polar surface area (TPSA) is 75.4 Å². The number of piperidine rings is 1. The summed E-state index contributed by atoms with van der Waals surface area (Å²) < 4.78 is 0. The number of rotatable bonds is 9. The fourth-order valence-electron chi connectivity index (χ4n) is 5.32. The van der Waals surface area contributed by atoms with E-state index in [0.29, 0.717) is 15.6 Å². The Bertz CT molecular complexity index is 1220. The van der Waals surface area contributed by atoms with Crippen LogP contribution in [0.2, 0.25) is 10.0 Å². The van der Waals surface area contributed by atoms with E-state index in [1.807, 2.05) is 48.5 Å². The summed E-state index contributed by atoms with van der Waals surface area (Å²) in [5, 5.41) is 4.35. The molecule has 2 amide bonds. The molecule has 0 bridgehead atoms. The molecule has 1 aliphatic rings. The van der Waals surface area contributed by atoms with Crippen molar-refractivity contribution in [1.82, 2.24) is 10.2 Å². The quantitative estimate of drug-likeness (QED) is 0.354. The number of hydrogen-bond acceptors (Lipinski definition) is 3. The van der Waals surface area contributed by atoms with Gasteiger partial charge >= 0.3 is 0 Å². The van der Waals surface area contributed by atoms with E-state index in [1.54, 1.807) is 19.1 Å². The standard InChI is InChI=1S/C30H33Cl2N3O2/c1-21(36)34-30(26-5-3-2-4-6-26)14-17-35(18-15-30)16-13-25(24-11-12-27(31)28(32)20-24)19-22-7-9-23(10-8-22)29(33)37/h2-12,20,25H,13-19H2,1H3,(H2,33,37)(H,34,36). The monoisotopic (exact) mass is 537 g/mol. The largest absolute Gasteiger partial charge is 0.366 e. The summed E-state index contributed by atoms with van der Waals surface area (Å²) in [7, 11) is 0. The SMILES string of the molecule is CC(=O)NC1(c2ccccc2)CCN(CCC(Cc2ccc(C(N)=O)cc2)c2ccc(Cl)c(Cl)c2)CC1. The fraction of sp³-hybridized carbons (Fsp3) is 0.333. The minimum Gasteiger partial charge on any atom is -0.366 e. The Balaban J connectivity index is 1.46. The van der Waals surface area contributed by atoms with E-state index in [2.05, 4.69) is 22.3 Å². The van der Waals surface area contributed by atoms with Crippen molar-refractivity contribution in [3.05, 3.63) is 105 Å². The maximum atomic E-state index is 12.1. The Kier molecular flexibility index (Phi) is 8.91. The molecule has 1 fully saturated rings. The molecule has 3 aromatic carbocycles. The highest BCUT2D eigenvalue weighted by Gasteiger charge is 2.36. The second-order valence-electron chi connectivity index (χ2n) is 9.90. The van der Waals surface area contributed by atoms with Crippen LogP contribution in [0.4, 0.5) is 0 Å². The predicted molar refractivity (Wildman–Crippen MR) is 150 cm³/mol. The van der Waals surface area contributed by atoms with Gasteiger partial charge in [-0.2, -0.15) is 0 Å². The zero-order valence-corrected chi connectivity index (χ0v) is 22.6. The van der Waals surface area contributed by atoms with Crippen LogP contribution < -0.4 is 11.1 Å². The number of amides is 2. The lowest BCUT2D eigenvalue weighted by atomic mass is 9.80. The molecule has 1 atom stereocenters. The van der Waals surface area contributed by atoms with E-state index in [0.717, 1.165) is 62.0 Å². The summed E-state index contributed by atoms with van der Waals surface area (Å²) in [4.78, 5) is 26.0. The lowest BCUT2D eigenvalue weighted by Crippen LogP contribution is -2.52. The van der Waals surface area contributed by atoms with Crippen molar-refractivity contribution in [2.75, 3.05) is 19.6 Å². The molecule has 7 heteroatoms. The molecule has 5 nitrogen and oxygen atoms in total. The van der Waals surface area contributed by atoms with Crippen LogP contribution in [0.5, 0.6) is 0 Å². The number of nitrogens with one attached hydrogen (secondary N) is 1. The van der Waals surface area contributed by atoms with Crippen molar-refractivity contribution < 1.29 is 9.59 Å². The van der Waals surface area contributed by atoms with Crippen LogP contribution in [-0.4, -0.2) is 36.3 Å². The van der Waals surface area contributed by atoms with E-state index in [9.17, 15) is 9.59 Å². The summed E-state index contributed by atoms with van der Waals surface area (Å²) in [6, 6.07) is 23.6. The van der Waals surface area contributed by atoms with Gasteiger partial charge in [-0.25, -0.2) is 0 Å². The van der Waals surface area contributed by atoms with E-state index >= 15 is 0 Å². The Labute approximate surface area is 228 Å². The van der Waals surface area contributed by atoms with E-state index < -0.39 is 5.91 Å². The van der Waals surface area contributed by atoms with Gasteiger partial charge < -0.3 is 16.0 Å². The highest BCUT2D eigenvalue weighted by atomic mass is 35.5. The van der Waals surface area contributed by atoms with Gasteiger partial charge in [0.2, 0.25) is 11.8 Å². The number of hydrogen-bond donors (Lipinski definition) is 2. The van der Waals surface area contributed by atoms with Gasteiger partial charge in [0.05, 0.1) is 15.6 Å². The number of halogens is 2.